The lowest BCUT2D eigenvalue weighted by atomic mass is 10.1. The van der Waals surface area contributed by atoms with Gasteiger partial charge >= 0.3 is 6.03 Å². The second-order valence-electron chi connectivity index (χ2n) is 5.27. The Morgan fingerprint density at radius 2 is 1.85 bits per heavy atom. The van der Waals surface area contributed by atoms with E-state index in [0.717, 1.165) is 4.90 Å². The first-order valence-electron chi connectivity index (χ1n) is 7.13. The van der Waals surface area contributed by atoms with Crippen molar-refractivity contribution in [2.45, 2.75) is 0 Å². The van der Waals surface area contributed by atoms with Crippen molar-refractivity contribution in [3.63, 3.8) is 0 Å². The number of carbonyl (C=O) groups excluding carboxylic acids is 3. The number of nitrogens with zero attached hydrogens (tertiary/aromatic N) is 1. The Morgan fingerprint density at radius 1 is 1.12 bits per heavy atom. The molecule has 0 radical (unpaired) electrons. The van der Waals surface area contributed by atoms with Crippen LogP contribution in [0.15, 0.2) is 50.9 Å². The standard InChI is InChI=1S/C17H9Br2IN2O4/c18-9-2-1-3-10(7-9)22-16(25)11(15(24)21-17(22)26)4-8-5-12(19)14(23)13(20)6-8/h1-7,23H,(H,21,24,26)/b11-4+. The van der Waals surface area contributed by atoms with Crippen LogP contribution in [-0.2, 0) is 9.59 Å². The van der Waals surface area contributed by atoms with Gasteiger partial charge in [-0.3, -0.25) is 14.9 Å². The summed E-state index contributed by atoms with van der Waals surface area (Å²) in [6.07, 6.45) is 1.38. The highest BCUT2D eigenvalue weighted by molar-refractivity contribution is 14.1. The molecule has 2 aromatic rings. The minimum absolute atomic E-state index is 0.0677. The molecule has 0 aromatic heterocycles. The molecule has 3 rings (SSSR count). The zero-order valence-corrected chi connectivity index (χ0v) is 18.1. The van der Waals surface area contributed by atoms with Crippen molar-refractivity contribution in [3.05, 3.63) is 60.1 Å². The van der Waals surface area contributed by atoms with E-state index < -0.39 is 17.8 Å². The number of halogens is 3. The first kappa shape index (κ1) is 19.1. The van der Waals surface area contributed by atoms with Crippen LogP contribution in [-0.4, -0.2) is 23.0 Å². The van der Waals surface area contributed by atoms with E-state index in [1.54, 1.807) is 36.4 Å². The average molecular weight is 592 g/mol. The van der Waals surface area contributed by atoms with Crippen molar-refractivity contribution in [3.8, 4) is 5.75 Å². The van der Waals surface area contributed by atoms with Gasteiger partial charge in [0.05, 0.1) is 13.7 Å². The number of barbiturate groups is 1. The molecule has 132 valence electrons. The monoisotopic (exact) mass is 590 g/mol. The summed E-state index contributed by atoms with van der Waals surface area (Å²) in [6, 6.07) is 9.02. The number of nitrogens with one attached hydrogen (secondary N) is 1. The minimum atomic E-state index is -0.809. The van der Waals surface area contributed by atoms with Crippen LogP contribution in [0, 0.1) is 3.57 Å². The van der Waals surface area contributed by atoms with Gasteiger partial charge in [0.2, 0.25) is 0 Å². The first-order chi connectivity index (χ1) is 12.3. The summed E-state index contributed by atoms with van der Waals surface area (Å²) in [5.74, 6) is -1.43. The van der Waals surface area contributed by atoms with Crippen molar-refractivity contribution in [2.75, 3.05) is 4.90 Å². The van der Waals surface area contributed by atoms with Gasteiger partial charge in [0.15, 0.2) is 0 Å². The number of hydrogen-bond acceptors (Lipinski definition) is 4. The number of urea groups is 1. The molecule has 0 aliphatic carbocycles. The Hall–Kier alpha value is -1.72. The normalized spacial score (nSPS) is 16.2. The fourth-order valence-corrected chi connectivity index (χ4v) is 4.23. The minimum Gasteiger partial charge on any atom is -0.506 e. The molecule has 0 bridgehead atoms. The van der Waals surface area contributed by atoms with E-state index in [1.165, 1.54) is 6.08 Å². The van der Waals surface area contributed by atoms with E-state index in [9.17, 15) is 19.5 Å². The Balaban J connectivity index is 2.06. The molecule has 2 N–H and O–H groups in total. The summed E-state index contributed by atoms with van der Waals surface area (Å²) in [5, 5.41) is 12.0. The van der Waals surface area contributed by atoms with Crippen molar-refractivity contribution < 1.29 is 19.5 Å². The van der Waals surface area contributed by atoms with Crippen LogP contribution in [0.1, 0.15) is 5.56 Å². The highest BCUT2D eigenvalue weighted by Crippen LogP contribution is 2.32. The molecule has 9 heteroatoms. The quantitative estimate of drug-likeness (QED) is 0.312. The van der Waals surface area contributed by atoms with Gasteiger partial charge in [-0.05, 0) is 80.5 Å². The van der Waals surface area contributed by atoms with Crippen LogP contribution >= 0.6 is 54.5 Å². The second kappa shape index (κ2) is 7.49. The highest BCUT2D eigenvalue weighted by Gasteiger charge is 2.36. The van der Waals surface area contributed by atoms with Gasteiger partial charge in [0, 0.05) is 4.47 Å². The van der Waals surface area contributed by atoms with Crippen molar-refractivity contribution in [2.24, 2.45) is 0 Å². The number of benzene rings is 2. The van der Waals surface area contributed by atoms with Gasteiger partial charge in [-0.2, -0.15) is 0 Å². The number of phenols is 1. The van der Waals surface area contributed by atoms with Crippen LogP contribution in [0.4, 0.5) is 10.5 Å². The van der Waals surface area contributed by atoms with Gasteiger partial charge in [-0.1, -0.05) is 22.0 Å². The number of aromatic hydroxyl groups is 1. The van der Waals surface area contributed by atoms with Gasteiger partial charge in [-0.15, -0.1) is 0 Å². The fourth-order valence-electron chi connectivity index (χ4n) is 2.34. The van der Waals surface area contributed by atoms with E-state index in [2.05, 4.69) is 37.2 Å². The topological polar surface area (TPSA) is 86.7 Å². The summed E-state index contributed by atoms with van der Waals surface area (Å²) in [4.78, 5) is 38.0. The summed E-state index contributed by atoms with van der Waals surface area (Å²) < 4.78 is 1.67. The molecule has 1 heterocycles. The van der Waals surface area contributed by atoms with Gasteiger partial charge < -0.3 is 5.11 Å². The molecule has 2 aromatic carbocycles. The number of anilines is 1. The SMILES string of the molecule is O=C1NC(=O)N(c2cccc(Br)c2)C(=O)/C1=C/c1cc(Br)c(O)c(I)c1. The predicted octanol–water partition coefficient (Wildman–Crippen LogP) is 4.19. The molecule has 1 aliphatic rings. The Kier molecular flexibility index (Phi) is 5.49. The lowest BCUT2D eigenvalue weighted by molar-refractivity contribution is -0.122. The third-order valence-corrected chi connectivity index (χ3v) is 5.44. The molecule has 4 amide bonds. The summed E-state index contributed by atoms with van der Waals surface area (Å²) in [6.45, 7) is 0. The number of rotatable bonds is 2. The highest BCUT2D eigenvalue weighted by atomic mass is 127. The summed E-state index contributed by atoms with van der Waals surface area (Å²) >= 11 is 8.45. The fraction of sp³-hybridized carbons (Fsp3) is 0. The summed E-state index contributed by atoms with van der Waals surface area (Å²) in [7, 11) is 0. The molecule has 0 spiro atoms. The van der Waals surface area contributed by atoms with Crippen LogP contribution in [0.25, 0.3) is 6.08 Å². The largest absolute Gasteiger partial charge is 0.506 e. The maximum Gasteiger partial charge on any atom is 0.335 e. The number of amides is 4. The molecular formula is C17H9Br2IN2O4. The van der Waals surface area contributed by atoms with Crippen LogP contribution in [0.3, 0.4) is 0 Å². The Labute approximate surface area is 178 Å². The van der Waals surface area contributed by atoms with Crippen molar-refractivity contribution >= 4 is 84.1 Å². The molecule has 1 aliphatic heterocycles. The van der Waals surface area contributed by atoms with Crippen molar-refractivity contribution in [1.29, 1.82) is 0 Å². The number of hydrogen-bond donors (Lipinski definition) is 2. The first-order valence-corrected chi connectivity index (χ1v) is 9.79. The number of carbonyl (C=O) groups is 3. The zero-order chi connectivity index (χ0) is 19.0. The second-order valence-corrected chi connectivity index (χ2v) is 8.20. The Morgan fingerprint density at radius 3 is 2.50 bits per heavy atom. The number of phenolic OH excluding ortho intramolecular Hbond substituents is 1. The van der Waals surface area contributed by atoms with E-state index in [1.807, 2.05) is 22.6 Å². The molecule has 0 unspecified atom stereocenters. The third-order valence-electron chi connectivity index (χ3n) is 3.52. The van der Waals surface area contributed by atoms with Gasteiger partial charge in [-0.25, -0.2) is 9.69 Å². The lowest BCUT2D eigenvalue weighted by Gasteiger charge is -2.26. The average Bonchev–Trinajstić information content (AvgIpc) is 2.56. The zero-order valence-electron chi connectivity index (χ0n) is 12.8. The van der Waals surface area contributed by atoms with Crippen LogP contribution in [0.5, 0.6) is 5.75 Å². The lowest BCUT2D eigenvalue weighted by Crippen LogP contribution is -2.54. The molecule has 1 saturated heterocycles. The van der Waals surface area contributed by atoms with E-state index in [-0.39, 0.29) is 11.3 Å². The van der Waals surface area contributed by atoms with E-state index in [0.29, 0.717) is 23.8 Å². The molecule has 0 saturated carbocycles. The van der Waals surface area contributed by atoms with Crippen LogP contribution < -0.4 is 10.2 Å². The third kappa shape index (κ3) is 3.69. The summed E-state index contributed by atoms with van der Waals surface area (Å²) in [5.41, 5.74) is 0.681. The smallest absolute Gasteiger partial charge is 0.335 e. The maximum atomic E-state index is 12.8. The number of imide groups is 2. The maximum absolute atomic E-state index is 12.8. The molecule has 6 nitrogen and oxygen atoms in total. The molecule has 26 heavy (non-hydrogen) atoms. The molecular weight excluding hydrogens is 583 g/mol. The van der Waals surface area contributed by atoms with Gasteiger partial charge in [0.1, 0.15) is 11.3 Å². The Bertz CT molecular complexity index is 967. The molecule has 0 atom stereocenters. The van der Waals surface area contributed by atoms with Crippen molar-refractivity contribution in [1.82, 2.24) is 5.32 Å². The predicted molar refractivity (Wildman–Crippen MR) is 112 cm³/mol. The van der Waals surface area contributed by atoms with Gasteiger partial charge in [0.25, 0.3) is 11.8 Å². The molecule has 1 fully saturated rings. The van der Waals surface area contributed by atoms with E-state index in [4.69, 9.17) is 0 Å². The van der Waals surface area contributed by atoms with E-state index >= 15 is 0 Å². The van der Waals surface area contributed by atoms with Crippen LogP contribution in [0.2, 0.25) is 0 Å².